The lowest BCUT2D eigenvalue weighted by Gasteiger charge is -2.45. The molecule has 5 aromatic rings. The van der Waals surface area contributed by atoms with E-state index in [1.807, 2.05) is 47.5 Å². The van der Waals surface area contributed by atoms with Crippen molar-refractivity contribution >= 4 is 78.5 Å². The molecule has 1 amide bonds. The van der Waals surface area contributed by atoms with E-state index in [0.29, 0.717) is 99.2 Å². The van der Waals surface area contributed by atoms with Gasteiger partial charge in [0.1, 0.15) is 11.3 Å². The van der Waals surface area contributed by atoms with Gasteiger partial charge in [0.2, 0.25) is 5.88 Å². The third kappa shape index (κ3) is 11.2. The Kier molecular flexibility index (Phi) is 14.9. The van der Waals surface area contributed by atoms with Crippen molar-refractivity contribution < 1.29 is 36.9 Å². The number of hydrogen-bond donors (Lipinski definition) is 3. The number of rotatable bonds is 10. The first-order valence-corrected chi connectivity index (χ1v) is 27.0. The van der Waals surface area contributed by atoms with Gasteiger partial charge in [-0.05, 0) is 121 Å². The van der Waals surface area contributed by atoms with E-state index >= 15 is 0 Å². The number of anilines is 4. The summed E-state index contributed by atoms with van der Waals surface area (Å²) >= 11 is 13.1. The van der Waals surface area contributed by atoms with Crippen LogP contribution >= 0.6 is 23.2 Å². The Morgan fingerprint density at radius 1 is 0.930 bits per heavy atom. The third-order valence-corrected chi connectivity index (χ3v) is 16.4. The Bertz CT molecular complexity index is 2870. The lowest BCUT2D eigenvalue weighted by Crippen LogP contribution is -2.56. The maximum atomic E-state index is 14.6. The van der Waals surface area contributed by atoms with Gasteiger partial charge >= 0.3 is 0 Å². The predicted octanol–water partition coefficient (Wildman–Crippen LogP) is 9.08. The Hall–Kier alpha value is -4.91. The molecular weight excluding hydrogens is 966 g/mol. The number of hydrogen-bond acceptors (Lipinski definition) is 13. The zero-order valence-electron chi connectivity index (χ0n) is 40.6. The summed E-state index contributed by atoms with van der Waals surface area (Å²) in [7, 11) is -2.70. The van der Waals surface area contributed by atoms with Crippen molar-refractivity contribution in [3.63, 3.8) is 0 Å². The minimum atomic E-state index is -4.38. The first-order chi connectivity index (χ1) is 34.3. The van der Waals surface area contributed by atoms with Crippen LogP contribution in [0, 0.1) is 5.41 Å². The number of methoxy groups -OCH3 is 1. The number of nitrogens with zero attached hydrogens (tertiary/aromatic N) is 4. The van der Waals surface area contributed by atoms with Gasteiger partial charge in [-0.3, -0.25) is 9.69 Å². The fourth-order valence-corrected chi connectivity index (χ4v) is 12.1. The number of benzene rings is 3. The molecule has 0 radical (unpaired) electrons. The number of aromatic nitrogens is 2. The lowest BCUT2D eigenvalue weighted by atomic mass is 9.71. The molecule has 3 N–H and O–H groups in total. The standard InChI is InChI=1S/C53H63Cl2N7O8S/c1-53(2)27-43(34-6-8-36(54)9-7-34)44-31-61-20-19-60(30-38(61)32-67-21-5-23-68-49(44)28-53)37-10-14-42(47(25-37)62-18-4-22-69-52-48(62)24-35-16-17-56-50(35)58-52)51(63)59-71(64,65)41-13-15-46(45(55)26-41)57-29-39-11-12-40(66-3)33-70-39/h6-10,13-17,24-26,38-40,49,57H,4-5,11-12,18-23,27-33H2,1-3H3,(H,56,58)(H,59,63)/t38-,39?,40-,49+/m0/s1. The quantitative estimate of drug-likeness (QED) is 0.122. The number of aromatic amines is 1. The van der Waals surface area contributed by atoms with E-state index in [4.69, 9.17) is 51.9 Å². The first kappa shape index (κ1) is 49.7. The zero-order chi connectivity index (χ0) is 49.3. The molecule has 5 aliphatic rings. The fourth-order valence-electron chi connectivity index (χ4n) is 10.6. The van der Waals surface area contributed by atoms with Crippen LogP contribution in [0.4, 0.5) is 22.7 Å². The van der Waals surface area contributed by atoms with Crippen LogP contribution < -0.4 is 24.6 Å². The second-order valence-electron chi connectivity index (χ2n) is 20.0. The Morgan fingerprint density at radius 3 is 2.59 bits per heavy atom. The van der Waals surface area contributed by atoms with Crippen molar-refractivity contribution in [2.45, 2.75) is 81.6 Å². The van der Waals surface area contributed by atoms with Gasteiger partial charge in [0.25, 0.3) is 15.9 Å². The molecule has 4 atom stereocenters. The van der Waals surface area contributed by atoms with Crippen LogP contribution in [0.1, 0.15) is 68.3 Å². The number of fused-ring (bicyclic) bond motifs is 4. The average Bonchev–Trinajstić information content (AvgIpc) is 3.71. The van der Waals surface area contributed by atoms with Gasteiger partial charge < -0.3 is 43.8 Å². The number of carbonyl (C=O) groups is 1. The topological polar surface area (TPSA) is 160 Å². The molecule has 2 aromatic heterocycles. The van der Waals surface area contributed by atoms with Crippen molar-refractivity contribution in [3.05, 3.63) is 106 Å². The molecule has 0 spiro atoms. The number of allylic oxidation sites excluding steroid dienone is 1. The summed E-state index contributed by atoms with van der Waals surface area (Å²) in [5, 5.41) is 5.07. The van der Waals surface area contributed by atoms with Crippen LogP contribution in [0.25, 0.3) is 16.6 Å². The maximum Gasteiger partial charge on any atom is 0.267 e. The fraction of sp³-hybridized carbons (Fsp3) is 0.472. The molecule has 3 aromatic carbocycles. The van der Waals surface area contributed by atoms with Crippen LogP contribution in [0.2, 0.25) is 10.0 Å². The zero-order valence-corrected chi connectivity index (χ0v) is 42.9. The maximum absolute atomic E-state index is 14.6. The van der Waals surface area contributed by atoms with Gasteiger partial charge in [-0.25, -0.2) is 13.1 Å². The third-order valence-electron chi connectivity index (χ3n) is 14.5. The van der Waals surface area contributed by atoms with Crippen LogP contribution in [-0.4, -0.2) is 133 Å². The van der Waals surface area contributed by atoms with Gasteiger partial charge in [0.15, 0.2) is 0 Å². The molecular formula is C53H63Cl2N7O8S. The number of halogens is 2. The van der Waals surface area contributed by atoms with E-state index < -0.39 is 15.9 Å². The van der Waals surface area contributed by atoms with Crippen LogP contribution in [0.5, 0.6) is 5.88 Å². The molecule has 4 aliphatic heterocycles. The van der Waals surface area contributed by atoms with E-state index in [-0.39, 0.29) is 45.3 Å². The number of nitrogens with one attached hydrogen (secondary N) is 3. The lowest BCUT2D eigenvalue weighted by molar-refractivity contribution is -0.0659. The molecule has 6 heterocycles. The normalized spacial score (nSPS) is 23.4. The number of pyridine rings is 1. The Morgan fingerprint density at radius 2 is 1.79 bits per heavy atom. The van der Waals surface area contributed by atoms with E-state index in [2.05, 4.69) is 50.8 Å². The SMILES string of the molecule is CO[C@H]1CCC(CNc2ccc(S(=O)(=O)NC(=O)c3ccc(N4CCN5CC6=C(c7ccc(Cl)cc7)CC(C)(C)C[C@H]6OCCCOC[C@@H]5C4)cc3N3CCCOc4nc5[nH]ccc5cc43)cc2Cl)OC1. The second-order valence-corrected chi connectivity index (χ2v) is 22.6. The van der Waals surface area contributed by atoms with E-state index in [1.165, 1.54) is 28.8 Å². The summed E-state index contributed by atoms with van der Waals surface area (Å²) in [6, 6.07) is 22.2. The molecule has 0 saturated carbocycles. The van der Waals surface area contributed by atoms with Crippen molar-refractivity contribution in [2.75, 3.05) is 94.5 Å². The predicted molar refractivity (Wildman–Crippen MR) is 278 cm³/mol. The summed E-state index contributed by atoms with van der Waals surface area (Å²) in [6.07, 6.45) is 6.87. The summed E-state index contributed by atoms with van der Waals surface area (Å²) < 4.78 is 61.1. The number of H-pyrrole nitrogens is 1. The molecule has 3 saturated heterocycles. The van der Waals surface area contributed by atoms with Crippen molar-refractivity contribution in [1.29, 1.82) is 0 Å². The number of amides is 1. The summed E-state index contributed by atoms with van der Waals surface area (Å²) in [5.41, 5.74) is 7.41. The molecule has 18 heteroatoms. The molecule has 15 nitrogen and oxygen atoms in total. The second kappa shape index (κ2) is 21.3. The van der Waals surface area contributed by atoms with Crippen molar-refractivity contribution in [1.82, 2.24) is 19.6 Å². The van der Waals surface area contributed by atoms with E-state index in [0.717, 1.165) is 56.3 Å². The molecule has 3 fully saturated rings. The number of sulfonamides is 1. The Balaban J connectivity index is 0.942. The van der Waals surface area contributed by atoms with Crippen LogP contribution in [-0.2, 0) is 29.0 Å². The molecule has 10 rings (SSSR count). The minimum absolute atomic E-state index is 0.0147. The Labute approximate surface area is 426 Å². The molecule has 378 valence electrons. The van der Waals surface area contributed by atoms with E-state index in [9.17, 15) is 13.2 Å². The van der Waals surface area contributed by atoms with Gasteiger partial charge in [0.05, 0.1) is 71.0 Å². The first-order valence-electron chi connectivity index (χ1n) is 24.7. The number of carbonyl (C=O) groups excluding carboxylic acids is 1. The van der Waals surface area contributed by atoms with Crippen molar-refractivity contribution in [3.8, 4) is 5.88 Å². The summed E-state index contributed by atoms with van der Waals surface area (Å²) in [6.45, 7) is 11.2. The number of ether oxygens (including phenoxy) is 5. The van der Waals surface area contributed by atoms with Gasteiger partial charge in [-0.15, -0.1) is 0 Å². The van der Waals surface area contributed by atoms with Crippen molar-refractivity contribution in [2.24, 2.45) is 5.41 Å². The molecule has 1 aliphatic carbocycles. The molecule has 0 bridgehead atoms. The van der Waals surface area contributed by atoms with E-state index in [1.54, 1.807) is 19.2 Å². The highest BCUT2D eigenvalue weighted by molar-refractivity contribution is 7.90. The van der Waals surface area contributed by atoms with Gasteiger partial charge in [-0.2, -0.15) is 4.98 Å². The minimum Gasteiger partial charge on any atom is -0.476 e. The van der Waals surface area contributed by atoms with Crippen LogP contribution in [0.15, 0.2) is 89.5 Å². The van der Waals surface area contributed by atoms with Gasteiger partial charge in [-0.1, -0.05) is 49.2 Å². The molecule has 71 heavy (non-hydrogen) atoms. The number of piperazine rings is 1. The molecule has 1 unspecified atom stereocenters. The monoisotopic (exact) mass is 1030 g/mol. The summed E-state index contributed by atoms with van der Waals surface area (Å²) in [5.74, 6) is -0.363. The highest BCUT2D eigenvalue weighted by atomic mass is 35.5. The van der Waals surface area contributed by atoms with Crippen LogP contribution in [0.3, 0.4) is 0 Å². The highest BCUT2D eigenvalue weighted by Gasteiger charge is 2.39. The highest BCUT2D eigenvalue weighted by Crippen LogP contribution is 2.46. The smallest absolute Gasteiger partial charge is 0.267 e. The summed E-state index contributed by atoms with van der Waals surface area (Å²) in [4.78, 5) is 29.3. The largest absolute Gasteiger partial charge is 0.476 e. The van der Waals surface area contributed by atoms with Gasteiger partial charge in [0, 0.05) is 81.9 Å². The average molecular weight is 1030 g/mol.